The molecule has 0 spiro atoms. The average molecular weight is 430 g/mol. The molecule has 2 aromatic carbocycles. The molecule has 0 saturated heterocycles. The van der Waals surface area contributed by atoms with E-state index in [0.717, 1.165) is 0 Å². The summed E-state index contributed by atoms with van der Waals surface area (Å²) >= 11 is 12.0. The highest BCUT2D eigenvalue weighted by Gasteiger charge is 2.22. The van der Waals surface area contributed by atoms with Crippen LogP contribution in [0.4, 0.5) is 5.69 Å². The molecule has 0 unspecified atom stereocenters. The van der Waals surface area contributed by atoms with Gasteiger partial charge < -0.3 is 4.74 Å². The zero-order chi connectivity index (χ0) is 19.8. The van der Waals surface area contributed by atoms with Crippen LogP contribution in [-0.4, -0.2) is 31.9 Å². The van der Waals surface area contributed by atoms with E-state index in [4.69, 9.17) is 27.9 Å². The molecule has 0 bridgehead atoms. The summed E-state index contributed by atoms with van der Waals surface area (Å²) in [6, 6.07) is 7.61. The Bertz CT molecular complexity index is 1150. The highest BCUT2D eigenvalue weighted by Crippen LogP contribution is 2.30. The normalized spacial score (nSPS) is 11.9. The van der Waals surface area contributed by atoms with Crippen LogP contribution in [0.15, 0.2) is 40.0 Å². The number of H-pyrrole nitrogens is 1. The van der Waals surface area contributed by atoms with Gasteiger partial charge in [0.05, 0.1) is 29.1 Å². The topological polar surface area (TPSA) is 93.2 Å². The van der Waals surface area contributed by atoms with Crippen molar-refractivity contribution in [3.8, 4) is 0 Å². The molecule has 27 heavy (non-hydrogen) atoms. The lowest BCUT2D eigenvalue weighted by Gasteiger charge is -2.12. The van der Waals surface area contributed by atoms with Crippen LogP contribution < -0.4 is 10.3 Å². The van der Waals surface area contributed by atoms with E-state index in [1.54, 1.807) is 30.8 Å². The molecule has 1 aromatic heterocycles. The van der Waals surface area contributed by atoms with Gasteiger partial charge in [-0.2, -0.15) is 0 Å². The van der Waals surface area contributed by atoms with Gasteiger partial charge in [-0.3, -0.25) is 19.3 Å². The van der Waals surface area contributed by atoms with Gasteiger partial charge in [-0.25, -0.2) is 8.42 Å². The lowest BCUT2D eigenvalue weighted by Crippen LogP contribution is -2.15. The van der Waals surface area contributed by atoms with Crippen molar-refractivity contribution >= 4 is 49.8 Å². The third kappa shape index (κ3) is 3.98. The molecule has 0 radical (unpaired) electrons. The standard InChI is InChI=1S/C17H17Cl2N3O4S/c1-10-7-11(18)8-14(19)16(10)27(24,25)21-12-3-4-15-13(9-12)17(23)20-22(15)5-6-26-2/h3-4,7-9,21H,5-6H2,1-2H3,(H,20,23). The maximum atomic E-state index is 12.8. The van der Waals surface area contributed by atoms with Crippen LogP contribution in [0.3, 0.4) is 0 Å². The van der Waals surface area contributed by atoms with Crippen molar-refractivity contribution in [1.29, 1.82) is 0 Å². The van der Waals surface area contributed by atoms with Gasteiger partial charge in [-0.1, -0.05) is 23.2 Å². The molecule has 0 fully saturated rings. The van der Waals surface area contributed by atoms with Crippen molar-refractivity contribution in [3.05, 3.63) is 56.3 Å². The van der Waals surface area contributed by atoms with Crippen LogP contribution in [-0.2, 0) is 21.3 Å². The molecular weight excluding hydrogens is 413 g/mol. The first-order valence-corrected chi connectivity index (χ1v) is 10.2. The molecule has 0 aliphatic carbocycles. The number of nitrogens with one attached hydrogen (secondary N) is 2. The number of halogens is 2. The van der Waals surface area contributed by atoms with Crippen LogP contribution in [0.1, 0.15) is 5.56 Å². The Balaban J connectivity index is 1.99. The minimum Gasteiger partial charge on any atom is -0.383 e. The van der Waals surface area contributed by atoms with E-state index in [1.165, 1.54) is 18.2 Å². The summed E-state index contributed by atoms with van der Waals surface area (Å²) in [5.41, 5.74) is 1.01. The maximum Gasteiger partial charge on any atom is 0.272 e. The Kier molecular flexibility index (Phi) is 5.53. The van der Waals surface area contributed by atoms with Gasteiger partial charge in [0.2, 0.25) is 0 Å². The van der Waals surface area contributed by atoms with Gasteiger partial charge in [-0.15, -0.1) is 0 Å². The second kappa shape index (κ2) is 7.55. The van der Waals surface area contributed by atoms with Crippen molar-refractivity contribution in [2.24, 2.45) is 0 Å². The van der Waals surface area contributed by atoms with E-state index in [9.17, 15) is 13.2 Å². The highest BCUT2D eigenvalue weighted by atomic mass is 35.5. The molecule has 0 amide bonds. The largest absolute Gasteiger partial charge is 0.383 e. The fraction of sp³-hybridized carbons (Fsp3) is 0.235. The van der Waals surface area contributed by atoms with Gasteiger partial charge in [0, 0.05) is 17.8 Å². The predicted octanol–water partition coefficient (Wildman–Crippen LogP) is 3.39. The van der Waals surface area contributed by atoms with Gasteiger partial charge in [-0.05, 0) is 42.8 Å². The number of hydrogen-bond donors (Lipinski definition) is 2. The number of methoxy groups -OCH3 is 1. The number of aryl methyl sites for hydroxylation is 1. The summed E-state index contributed by atoms with van der Waals surface area (Å²) in [7, 11) is -2.39. The molecule has 3 rings (SSSR count). The molecule has 0 aliphatic heterocycles. The van der Waals surface area contributed by atoms with E-state index < -0.39 is 10.0 Å². The van der Waals surface area contributed by atoms with Crippen molar-refractivity contribution < 1.29 is 13.2 Å². The summed E-state index contributed by atoms with van der Waals surface area (Å²) in [5.74, 6) is 0. The molecule has 3 aromatic rings. The average Bonchev–Trinajstić information content (AvgIpc) is 2.87. The zero-order valence-corrected chi connectivity index (χ0v) is 16.9. The third-order valence-electron chi connectivity index (χ3n) is 4.00. The van der Waals surface area contributed by atoms with E-state index in [-0.39, 0.29) is 21.2 Å². The van der Waals surface area contributed by atoms with Gasteiger partial charge >= 0.3 is 0 Å². The SMILES string of the molecule is COCCn1[nH]c(=O)c2cc(NS(=O)(=O)c3c(C)cc(Cl)cc3Cl)ccc21. The molecule has 10 heteroatoms. The van der Waals surface area contributed by atoms with Gasteiger partial charge in [0.25, 0.3) is 15.6 Å². The lowest BCUT2D eigenvalue weighted by atomic mass is 10.2. The number of nitrogens with zero attached hydrogens (tertiary/aromatic N) is 1. The molecule has 1 heterocycles. The van der Waals surface area contributed by atoms with E-state index in [2.05, 4.69) is 9.82 Å². The summed E-state index contributed by atoms with van der Waals surface area (Å²) in [6.07, 6.45) is 0. The van der Waals surface area contributed by atoms with Crippen molar-refractivity contribution in [2.45, 2.75) is 18.4 Å². The first-order valence-electron chi connectivity index (χ1n) is 7.93. The molecule has 0 atom stereocenters. The Morgan fingerprint density at radius 1 is 1.22 bits per heavy atom. The van der Waals surface area contributed by atoms with E-state index in [0.29, 0.717) is 34.6 Å². The molecule has 144 valence electrons. The number of sulfonamides is 1. The number of hydrogen-bond acceptors (Lipinski definition) is 4. The van der Waals surface area contributed by atoms with Crippen LogP contribution in [0.2, 0.25) is 10.0 Å². The fourth-order valence-corrected chi connectivity index (χ4v) is 5.09. The Morgan fingerprint density at radius 3 is 2.63 bits per heavy atom. The number of anilines is 1. The van der Waals surface area contributed by atoms with Crippen molar-refractivity contribution in [2.75, 3.05) is 18.4 Å². The second-order valence-corrected chi connectivity index (χ2v) is 8.42. The van der Waals surface area contributed by atoms with E-state index >= 15 is 0 Å². The highest BCUT2D eigenvalue weighted by molar-refractivity contribution is 7.92. The summed E-state index contributed by atoms with van der Waals surface area (Å²) in [6.45, 7) is 2.51. The predicted molar refractivity (Wildman–Crippen MR) is 106 cm³/mol. The fourth-order valence-electron chi connectivity index (χ4n) is 2.85. The van der Waals surface area contributed by atoms with Crippen molar-refractivity contribution in [3.63, 3.8) is 0 Å². The van der Waals surface area contributed by atoms with Crippen molar-refractivity contribution in [1.82, 2.24) is 9.78 Å². The summed E-state index contributed by atoms with van der Waals surface area (Å²) in [4.78, 5) is 12.1. The van der Waals surface area contributed by atoms with Crippen LogP contribution in [0, 0.1) is 6.92 Å². The number of aromatic amines is 1. The number of benzene rings is 2. The maximum absolute atomic E-state index is 12.8. The number of fused-ring (bicyclic) bond motifs is 1. The zero-order valence-electron chi connectivity index (χ0n) is 14.5. The minimum atomic E-state index is -3.96. The van der Waals surface area contributed by atoms with Crippen LogP contribution >= 0.6 is 23.2 Å². The minimum absolute atomic E-state index is 0.0251. The van der Waals surface area contributed by atoms with Crippen LogP contribution in [0.25, 0.3) is 10.9 Å². The lowest BCUT2D eigenvalue weighted by molar-refractivity contribution is 0.184. The molecule has 2 N–H and O–H groups in total. The molecular formula is C17H17Cl2N3O4S. The Labute approximate surface area is 165 Å². The number of rotatable bonds is 6. The molecule has 7 nitrogen and oxygen atoms in total. The quantitative estimate of drug-likeness (QED) is 0.627. The van der Waals surface area contributed by atoms with Gasteiger partial charge in [0.15, 0.2) is 0 Å². The summed E-state index contributed by atoms with van der Waals surface area (Å²) < 4.78 is 34.7. The Morgan fingerprint density at radius 2 is 1.96 bits per heavy atom. The van der Waals surface area contributed by atoms with Crippen LogP contribution in [0.5, 0.6) is 0 Å². The van der Waals surface area contributed by atoms with Gasteiger partial charge in [0.1, 0.15) is 4.90 Å². The number of aromatic nitrogens is 2. The molecule has 0 saturated carbocycles. The second-order valence-electron chi connectivity index (χ2n) is 5.96. The molecule has 0 aliphatic rings. The Hall–Kier alpha value is -2.00. The first kappa shape index (κ1) is 19.8. The number of ether oxygens (including phenoxy) is 1. The summed E-state index contributed by atoms with van der Waals surface area (Å²) in [5, 5.41) is 3.44. The third-order valence-corrected chi connectivity index (χ3v) is 6.21. The smallest absolute Gasteiger partial charge is 0.272 e. The van der Waals surface area contributed by atoms with E-state index in [1.807, 2.05) is 0 Å². The first-order chi connectivity index (χ1) is 12.7. The monoisotopic (exact) mass is 429 g/mol.